The number of benzene rings is 3. The quantitative estimate of drug-likeness (QED) is 0.452. The molecule has 5 heteroatoms. The molecule has 3 aromatic carbocycles. The largest absolute Gasteiger partial charge is 0.494 e. The van der Waals surface area contributed by atoms with Crippen molar-refractivity contribution in [3.63, 3.8) is 0 Å². The minimum atomic E-state index is -0.341. The van der Waals surface area contributed by atoms with Crippen LogP contribution in [0, 0.1) is 0 Å². The number of carbonyl (C=O) groups excluding carboxylic acids is 2. The Kier molecular flexibility index (Phi) is 6.29. The highest BCUT2D eigenvalue weighted by Gasteiger charge is 2.24. The molecule has 0 fully saturated rings. The first-order valence-electron chi connectivity index (χ1n) is 9.49. The van der Waals surface area contributed by atoms with Crippen LogP contribution in [0.2, 0.25) is 0 Å². The lowest BCUT2D eigenvalue weighted by Gasteiger charge is -2.15. The number of ketones is 2. The summed E-state index contributed by atoms with van der Waals surface area (Å²) in [5.74, 6) is 0.438. The molecule has 0 saturated carbocycles. The van der Waals surface area contributed by atoms with Crippen LogP contribution in [0.15, 0.2) is 66.7 Å². The Hall–Kier alpha value is -3.60. The third kappa shape index (κ3) is 4.29. The summed E-state index contributed by atoms with van der Waals surface area (Å²) in [6.45, 7) is 4.65. The van der Waals surface area contributed by atoms with Crippen LogP contribution in [0.3, 0.4) is 0 Å². The van der Waals surface area contributed by atoms with E-state index in [0.29, 0.717) is 35.8 Å². The maximum Gasteiger partial charge on any atom is 0.195 e. The molecule has 0 saturated heterocycles. The smallest absolute Gasteiger partial charge is 0.195 e. The van der Waals surface area contributed by atoms with Crippen LogP contribution in [0.5, 0.6) is 11.5 Å². The van der Waals surface area contributed by atoms with Crippen molar-refractivity contribution >= 4 is 17.3 Å². The molecule has 0 radical (unpaired) electrons. The van der Waals surface area contributed by atoms with Crippen LogP contribution < -0.4 is 15.2 Å². The molecule has 0 bridgehead atoms. The fourth-order valence-corrected chi connectivity index (χ4v) is 3.07. The lowest BCUT2D eigenvalue weighted by atomic mass is 9.91. The van der Waals surface area contributed by atoms with Gasteiger partial charge in [-0.3, -0.25) is 9.59 Å². The molecule has 0 spiro atoms. The minimum absolute atomic E-state index is 0.147. The first-order valence-corrected chi connectivity index (χ1v) is 9.49. The first kappa shape index (κ1) is 20.1. The molecule has 2 N–H and O–H groups in total. The lowest BCUT2D eigenvalue weighted by molar-refractivity contribution is 0.100. The van der Waals surface area contributed by atoms with Crippen molar-refractivity contribution < 1.29 is 19.1 Å². The van der Waals surface area contributed by atoms with E-state index in [1.807, 2.05) is 19.9 Å². The Morgan fingerprint density at radius 1 is 0.759 bits per heavy atom. The zero-order valence-corrected chi connectivity index (χ0v) is 16.5. The van der Waals surface area contributed by atoms with Crippen LogP contribution in [0.25, 0.3) is 0 Å². The van der Waals surface area contributed by atoms with Gasteiger partial charge in [0, 0.05) is 16.7 Å². The number of hydrogen-bond acceptors (Lipinski definition) is 5. The molecule has 0 aliphatic rings. The lowest BCUT2D eigenvalue weighted by Crippen LogP contribution is -2.15. The fraction of sp³-hybridized carbons (Fsp3) is 0.167. The number of hydrogen-bond donors (Lipinski definition) is 1. The summed E-state index contributed by atoms with van der Waals surface area (Å²) in [7, 11) is 0. The molecular formula is C24H23NO4. The number of carbonyl (C=O) groups is 2. The second kappa shape index (κ2) is 9.06. The predicted octanol–water partition coefficient (Wildman–Crippen LogP) is 4.53. The second-order valence-corrected chi connectivity index (χ2v) is 6.31. The van der Waals surface area contributed by atoms with Gasteiger partial charge in [-0.25, -0.2) is 0 Å². The van der Waals surface area contributed by atoms with Gasteiger partial charge in [-0.2, -0.15) is 0 Å². The molecule has 5 nitrogen and oxygen atoms in total. The van der Waals surface area contributed by atoms with Gasteiger partial charge in [-0.05, 0) is 50.2 Å². The summed E-state index contributed by atoms with van der Waals surface area (Å²) in [5.41, 5.74) is 7.73. The van der Waals surface area contributed by atoms with Crippen molar-refractivity contribution in [3.05, 3.63) is 89.0 Å². The molecule has 0 heterocycles. The molecule has 0 aromatic heterocycles. The van der Waals surface area contributed by atoms with E-state index in [4.69, 9.17) is 15.2 Å². The molecule has 3 aromatic rings. The van der Waals surface area contributed by atoms with Gasteiger partial charge in [0.05, 0.1) is 24.5 Å². The summed E-state index contributed by atoms with van der Waals surface area (Å²) in [5, 5.41) is 0. The zero-order chi connectivity index (χ0) is 20.8. The Balaban J connectivity index is 2.10. The molecule has 0 unspecified atom stereocenters. The summed E-state index contributed by atoms with van der Waals surface area (Å²) < 4.78 is 11.0. The van der Waals surface area contributed by atoms with E-state index in [0.717, 1.165) is 0 Å². The highest BCUT2D eigenvalue weighted by Crippen LogP contribution is 2.32. The van der Waals surface area contributed by atoms with Gasteiger partial charge in [0.1, 0.15) is 11.5 Å². The number of nitrogen functional groups attached to an aromatic ring is 1. The number of nitrogens with two attached hydrogens (primary N) is 1. The summed E-state index contributed by atoms with van der Waals surface area (Å²) in [4.78, 5) is 26.4. The molecule has 148 valence electrons. The minimum Gasteiger partial charge on any atom is -0.494 e. The van der Waals surface area contributed by atoms with Crippen molar-refractivity contribution in [3.8, 4) is 11.5 Å². The average molecular weight is 389 g/mol. The summed E-state index contributed by atoms with van der Waals surface area (Å²) in [6.07, 6.45) is 0. The number of ether oxygens (including phenoxy) is 2. The van der Waals surface area contributed by atoms with Crippen molar-refractivity contribution in [2.75, 3.05) is 18.9 Å². The maximum atomic E-state index is 13.3. The van der Waals surface area contributed by atoms with Crippen LogP contribution >= 0.6 is 0 Å². The third-order valence-electron chi connectivity index (χ3n) is 4.44. The normalized spacial score (nSPS) is 10.4. The molecule has 0 aliphatic heterocycles. The highest BCUT2D eigenvalue weighted by molar-refractivity contribution is 6.22. The molecule has 29 heavy (non-hydrogen) atoms. The SMILES string of the molecule is CCOc1ccc(C(=O)c2c(C(=O)c3ccccc3)ccc(OCC)c2N)cc1. The number of anilines is 1. The van der Waals surface area contributed by atoms with E-state index in [1.54, 1.807) is 60.7 Å². The first-order chi connectivity index (χ1) is 14.1. The van der Waals surface area contributed by atoms with Crippen LogP contribution in [0.1, 0.15) is 45.7 Å². The van der Waals surface area contributed by atoms with Crippen molar-refractivity contribution in [1.82, 2.24) is 0 Å². The topological polar surface area (TPSA) is 78.6 Å². The van der Waals surface area contributed by atoms with Gasteiger partial charge in [0.2, 0.25) is 0 Å². The number of rotatable bonds is 8. The van der Waals surface area contributed by atoms with Gasteiger partial charge in [0.15, 0.2) is 11.6 Å². The molecule has 0 amide bonds. The van der Waals surface area contributed by atoms with Gasteiger partial charge >= 0.3 is 0 Å². The van der Waals surface area contributed by atoms with E-state index in [2.05, 4.69) is 0 Å². The molecule has 0 aliphatic carbocycles. The molecule has 3 rings (SSSR count). The molecular weight excluding hydrogens is 366 g/mol. The van der Waals surface area contributed by atoms with Crippen molar-refractivity contribution in [2.24, 2.45) is 0 Å². The van der Waals surface area contributed by atoms with E-state index < -0.39 is 0 Å². The highest BCUT2D eigenvalue weighted by atomic mass is 16.5. The Morgan fingerprint density at radius 2 is 1.38 bits per heavy atom. The average Bonchev–Trinajstić information content (AvgIpc) is 2.75. The van der Waals surface area contributed by atoms with Crippen LogP contribution in [-0.2, 0) is 0 Å². The standard InChI is InChI=1S/C24H23NO4/c1-3-28-18-12-10-17(11-13-18)24(27)21-19(14-15-20(22(21)25)29-4-2)23(26)16-8-6-5-7-9-16/h5-15H,3-4,25H2,1-2H3. The zero-order valence-electron chi connectivity index (χ0n) is 16.5. The molecule has 0 atom stereocenters. The van der Waals surface area contributed by atoms with Crippen LogP contribution in [0.4, 0.5) is 5.69 Å². The van der Waals surface area contributed by atoms with E-state index in [-0.39, 0.29) is 28.4 Å². The predicted molar refractivity (Wildman–Crippen MR) is 113 cm³/mol. The Bertz CT molecular complexity index is 1010. The summed E-state index contributed by atoms with van der Waals surface area (Å²) >= 11 is 0. The fourth-order valence-electron chi connectivity index (χ4n) is 3.07. The van der Waals surface area contributed by atoms with Crippen LogP contribution in [-0.4, -0.2) is 24.8 Å². The van der Waals surface area contributed by atoms with E-state index in [9.17, 15) is 9.59 Å². The van der Waals surface area contributed by atoms with Crippen molar-refractivity contribution in [1.29, 1.82) is 0 Å². The Labute approximate surface area is 170 Å². The van der Waals surface area contributed by atoms with Gasteiger partial charge in [-0.15, -0.1) is 0 Å². The summed E-state index contributed by atoms with van der Waals surface area (Å²) in [6, 6.07) is 18.8. The van der Waals surface area contributed by atoms with Gasteiger partial charge in [0.25, 0.3) is 0 Å². The van der Waals surface area contributed by atoms with Gasteiger partial charge < -0.3 is 15.2 Å². The monoisotopic (exact) mass is 389 g/mol. The second-order valence-electron chi connectivity index (χ2n) is 6.31. The van der Waals surface area contributed by atoms with Gasteiger partial charge in [-0.1, -0.05) is 30.3 Å². The maximum absolute atomic E-state index is 13.3. The van der Waals surface area contributed by atoms with E-state index >= 15 is 0 Å². The Morgan fingerprint density at radius 3 is 2.00 bits per heavy atom. The van der Waals surface area contributed by atoms with Crippen molar-refractivity contribution in [2.45, 2.75) is 13.8 Å². The third-order valence-corrected chi connectivity index (χ3v) is 4.44. The van der Waals surface area contributed by atoms with E-state index in [1.165, 1.54) is 0 Å².